The minimum atomic E-state index is -0.447. The Hall–Kier alpha value is -3.46. The highest BCUT2D eigenvalue weighted by atomic mass is 35.5. The molecule has 0 unspecified atom stereocenters. The van der Waals surface area contributed by atoms with E-state index in [9.17, 15) is 9.18 Å². The molecular formula is C26H29ClFN7O. The van der Waals surface area contributed by atoms with Crippen LogP contribution >= 0.6 is 11.6 Å². The van der Waals surface area contributed by atoms with Crippen molar-refractivity contribution in [3.63, 3.8) is 0 Å². The fraction of sp³-hybridized carbons (Fsp3) is 0.385. The molecule has 36 heavy (non-hydrogen) atoms. The summed E-state index contributed by atoms with van der Waals surface area (Å²) in [5.41, 5.74) is 3.24. The third kappa shape index (κ3) is 6.40. The second kappa shape index (κ2) is 11.5. The molecule has 1 saturated heterocycles. The van der Waals surface area contributed by atoms with Crippen LogP contribution in [0.5, 0.6) is 0 Å². The number of amides is 1. The van der Waals surface area contributed by atoms with Crippen molar-refractivity contribution < 1.29 is 9.18 Å². The Morgan fingerprint density at radius 1 is 1.08 bits per heavy atom. The van der Waals surface area contributed by atoms with Crippen molar-refractivity contribution >= 4 is 28.7 Å². The predicted molar refractivity (Wildman–Crippen MR) is 137 cm³/mol. The molecule has 0 N–H and O–H groups in total. The Morgan fingerprint density at radius 2 is 1.86 bits per heavy atom. The monoisotopic (exact) mass is 509 g/mol. The topological polar surface area (TPSA) is 89.7 Å². The van der Waals surface area contributed by atoms with Gasteiger partial charge in [0.25, 0.3) is 0 Å². The molecule has 0 atom stereocenters. The minimum Gasteiger partial charge on any atom is -0.346 e. The Labute approximate surface area is 214 Å². The lowest BCUT2D eigenvalue weighted by Crippen LogP contribution is -2.31. The van der Waals surface area contributed by atoms with Gasteiger partial charge in [-0.3, -0.25) is 9.48 Å². The number of hydrogen-bond donors (Lipinski definition) is 0. The molecule has 4 aromatic rings. The van der Waals surface area contributed by atoms with Crippen LogP contribution in [-0.2, 0) is 4.79 Å². The van der Waals surface area contributed by atoms with Crippen molar-refractivity contribution in [3.8, 4) is 11.3 Å². The summed E-state index contributed by atoms with van der Waals surface area (Å²) in [6.45, 7) is 4.65. The van der Waals surface area contributed by atoms with Crippen molar-refractivity contribution in [1.29, 1.82) is 0 Å². The number of benzene rings is 1. The molecule has 4 heterocycles. The average Bonchev–Trinajstić information content (AvgIpc) is 3.56. The predicted octanol–water partition coefficient (Wildman–Crippen LogP) is 5.34. The molecule has 6 rings (SSSR count). The summed E-state index contributed by atoms with van der Waals surface area (Å²) in [6, 6.07) is 7.15. The zero-order valence-electron chi connectivity index (χ0n) is 20.7. The molecule has 188 valence electrons. The third-order valence-corrected chi connectivity index (χ3v) is 6.31. The highest BCUT2D eigenvalue weighted by Gasteiger charge is 2.23. The van der Waals surface area contributed by atoms with Gasteiger partial charge in [0.2, 0.25) is 5.91 Å². The largest absolute Gasteiger partial charge is 0.346 e. The van der Waals surface area contributed by atoms with E-state index in [1.807, 2.05) is 44.0 Å². The van der Waals surface area contributed by atoms with Gasteiger partial charge in [-0.05, 0) is 63.8 Å². The summed E-state index contributed by atoms with van der Waals surface area (Å²) >= 11 is 5.77. The molecule has 1 aliphatic heterocycles. The Balaban J connectivity index is 0.000000155. The number of aromatic nitrogens is 6. The van der Waals surface area contributed by atoms with Crippen LogP contribution in [0, 0.1) is 19.7 Å². The Kier molecular flexibility index (Phi) is 8.20. The van der Waals surface area contributed by atoms with Crippen molar-refractivity contribution in [2.45, 2.75) is 52.0 Å². The molecule has 2 aliphatic rings. The van der Waals surface area contributed by atoms with Gasteiger partial charge in [0.05, 0.1) is 17.4 Å². The normalized spacial score (nSPS) is 15.1. The van der Waals surface area contributed by atoms with E-state index in [1.165, 1.54) is 31.7 Å². The quantitative estimate of drug-likeness (QED) is 0.362. The van der Waals surface area contributed by atoms with E-state index in [2.05, 4.69) is 25.0 Å². The minimum absolute atomic E-state index is 0.302. The first-order valence-electron chi connectivity index (χ1n) is 12.0. The van der Waals surface area contributed by atoms with E-state index >= 15 is 0 Å². The highest BCUT2D eigenvalue weighted by Crippen LogP contribution is 2.33. The maximum Gasteiger partial charge on any atom is 0.222 e. The van der Waals surface area contributed by atoms with E-state index in [0.29, 0.717) is 33.4 Å². The number of rotatable bonds is 2. The van der Waals surface area contributed by atoms with Gasteiger partial charge in [-0.1, -0.05) is 11.6 Å². The molecule has 1 amide bonds. The van der Waals surface area contributed by atoms with Gasteiger partial charge in [-0.2, -0.15) is 5.10 Å². The lowest BCUT2D eigenvalue weighted by molar-refractivity contribution is -0.131. The number of piperidine rings is 1. The zero-order chi connectivity index (χ0) is 25.7. The van der Waals surface area contributed by atoms with Crippen LogP contribution in [0.1, 0.15) is 49.5 Å². The van der Waals surface area contributed by atoms with Crippen LogP contribution in [-0.4, -0.2) is 54.1 Å². The maximum atomic E-state index is 14.1. The summed E-state index contributed by atoms with van der Waals surface area (Å²) in [4.78, 5) is 29.5. The van der Waals surface area contributed by atoms with Crippen LogP contribution < -0.4 is 0 Å². The van der Waals surface area contributed by atoms with E-state index < -0.39 is 5.82 Å². The fourth-order valence-corrected chi connectivity index (χ4v) is 3.86. The van der Waals surface area contributed by atoms with Gasteiger partial charge >= 0.3 is 0 Å². The van der Waals surface area contributed by atoms with Gasteiger partial charge in [0, 0.05) is 43.0 Å². The summed E-state index contributed by atoms with van der Waals surface area (Å²) in [5, 5.41) is 4.43. The average molecular weight is 510 g/mol. The summed E-state index contributed by atoms with van der Waals surface area (Å²) in [5.74, 6) is -0.145. The Morgan fingerprint density at radius 3 is 2.47 bits per heavy atom. The first kappa shape index (κ1) is 25.6. The van der Waals surface area contributed by atoms with Gasteiger partial charge in [-0.25, -0.2) is 24.3 Å². The van der Waals surface area contributed by atoms with Crippen LogP contribution in [0.3, 0.4) is 0 Å². The van der Waals surface area contributed by atoms with Crippen molar-refractivity contribution in [3.05, 3.63) is 65.2 Å². The number of likely N-dealkylation sites (tertiary alicyclic amines) is 1. The van der Waals surface area contributed by atoms with E-state index in [0.717, 1.165) is 36.8 Å². The van der Waals surface area contributed by atoms with Gasteiger partial charge in [0.15, 0.2) is 5.65 Å². The lowest BCUT2D eigenvalue weighted by atomic mass is 10.1. The molecule has 2 fully saturated rings. The van der Waals surface area contributed by atoms with Crippen LogP contribution in [0.25, 0.3) is 22.4 Å². The second-order valence-corrected chi connectivity index (χ2v) is 9.34. The van der Waals surface area contributed by atoms with E-state index in [4.69, 9.17) is 11.6 Å². The molecule has 1 aromatic carbocycles. The number of halogens is 2. The Bertz CT molecular complexity index is 1340. The number of hydrogen-bond acceptors (Lipinski definition) is 6. The van der Waals surface area contributed by atoms with Gasteiger partial charge < -0.3 is 4.90 Å². The number of aryl methyl sites for hydroxylation is 2. The molecule has 1 aliphatic carbocycles. The van der Waals surface area contributed by atoms with Crippen molar-refractivity contribution in [1.82, 2.24) is 34.6 Å². The van der Waals surface area contributed by atoms with E-state index in [-0.39, 0.29) is 0 Å². The van der Waals surface area contributed by atoms with Crippen LogP contribution in [0.15, 0.2) is 43.0 Å². The fourth-order valence-electron chi connectivity index (χ4n) is 3.70. The first-order chi connectivity index (χ1) is 17.3. The van der Waals surface area contributed by atoms with Crippen molar-refractivity contribution in [2.24, 2.45) is 0 Å². The summed E-state index contributed by atoms with van der Waals surface area (Å²) < 4.78 is 16.1. The molecule has 0 spiro atoms. The lowest BCUT2D eigenvalue weighted by Gasteiger charge is -2.21. The zero-order valence-corrected chi connectivity index (χ0v) is 21.4. The summed E-state index contributed by atoms with van der Waals surface area (Å²) in [6.07, 6.45) is 10.9. The molecule has 3 aromatic heterocycles. The summed E-state index contributed by atoms with van der Waals surface area (Å²) in [7, 11) is 1.86. The number of carbonyl (C=O) groups excluding carboxylic acids is 1. The third-order valence-electron chi connectivity index (χ3n) is 6.07. The molecule has 0 bridgehead atoms. The molecular weight excluding hydrogens is 481 g/mol. The van der Waals surface area contributed by atoms with Gasteiger partial charge in [0.1, 0.15) is 23.4 Å². The number of nitrogens with zero attached hydrogens (tertiary/aromatic N) is 7. The molecule has 0 radical (unpaired) electrons. The van der Waals surface area contributed by atoms with Crippen LogP contribution in [0.2, 0.25) is 5.02 Å². The molecule has 8 nitrogen and oxygen atoms in total. The SMILES string of the molecule is CN1CCCCC1=O.Cc1nc2ncnc(-c3ccc(Cl)cc3F)c2nc1C.c1cnn(C2CC2)c1. The van der Waals surface area contributed by atoms with E-state index in [1.54, 1.807) is 17.0 Å². The molecule has 10 heteroatoms. The van der Waals surface area contributed by atoms with Crippen molar-refractivity contribution in [2.75, 3.05) is 13.6 Å². The second-order valence-electron chi connectivity index (χ2n) is 8.90. The first-order valence-corrected chi connectivity index (χ1v) is 12.4. The number of fused-ring (bicyclic) bond motifs is 1. The number of carbonyl (C=O) groups is 1. The van der Waals surface area contributed by atoms with Crippen LogP contribution in [0.4, 0.5) is 4.39 Å². The van der Waals surface area contributed by atoms with Gasteiger partial charge in [-0.15, -0.1) is 0 Å². The maximum absolute atomic E-state index is 14.1. The highest BCUT2D eigenvalue weighted by molar-refractivity contribution is 6.30. The molecule has 1 saturated carbocycles. The smallest absolute Gasteiger partial charge is 0.222 e. The standard InChI is InChI=1S/C14H10ClFN4.C6H8N2.C6H11NO/c1-7-8(2)20-14-13(19-7)12(17-6-18-14)10-4-3-9(15)5-11(10)16;1-4-7-8(5-1)6-2-3-6;1-7-5-3-2-4-6(7)8/h3-6H,1-2H3;1,4-6H,2-3H2;2-5H2,1H3.